The molecule has 0 radical (unpaired) electrons. The number of aliphatic carboxylic acids is 1. The molecule has 0 amide bonds. The monoisotopic (exact) mass is 391 g/mol. The van der Waals surface area contributed by atoms with Crippen molar-refractivity contribution in [2.45, 2.75) is 58.1 Å². The Bertz CT molecular complexity index is 795. The van der Waals surface area contributed by atoms with Gasteiger partial charge in [-0.05, 0) is 50.3 Å². The third-order valence-electron chi connectivity index (χ3n) is 6.41. The molecule has 1 saturated carbocycles. The van der Waals surface area contributed by atoms with Crippen molar-refractivity contribution in [2.75, 3.05) is 0 Å². The molecule has 2 N–H and O–H groups in total. The predicted octanol–water partition coefficient (Wildman–Crippen LogP) is 3.58. The van der Waals surface area contributed by atoms with Crippen LogP contribution in [0.4, 0.5) is 0 Å². The van der Waals surface area contributed by atoms with Crippen LogP contribution in [0.1, 0.15) is 45.1 Å². The first-order chi connectivity index (χ1) is 12.8. The van der Waals surface area contributed by atoms with Crippen LogP contribution in [-0.2, 0) is 17.8 Å². The average molecular weight is 392 g/mol. The molecule has 2 aromatic rings. The van der Waals surface area contributed by atoms with Crippen molar-refractivity contribution in [3.05, 3.63) is 47.5 Å². The lowest BCUT2D eigenvalue weighted by atomic mass is 9.61. The lowest BCUT2D eigenvalue weighted by Gasteiger charge is -2.48. The fraction of sp³-hybridized carbons (Fsp3) is 0.550. The molecule has 3 unspecified atom stereocenters. The number of aliphatic hydroxyl groups is 1. The molecular formula is C20H26ClN3O3. The van der Waals surface area contributed by atoms with E-state index in [4.69, 9.17) is 11.6 Å². The van der Waals surface area contributed by atoms with E-state index >= 15 is 0 Å². The molecule has 1 aliphatic rings. The molecule has 1 aromatic carbocycles. The highest BCUT2D eigenvalue weighted by Crippen LogP contribution is 2.61. The number of carbonyl (C=O) groups is 1. The summed E-state index contributed by atoms with van der Waals surface area (Å²) < 4.78 is 1.54. The van der Waals surface area contributed by atoms with Crippen LogP contribution in [0.3, 0.4) is 0 Å². The molecule has 7 heteroatoms. The minimum Gasteiger partial charge on any atom is -0.481 e. The summed E-state index contributed by atoms with van der Waals surface area (Å²) in [5.41, 5.74) is -2.26. The summed E-state index contributed by atoms with van der Waals surface area (Å²) in [5, 5.41) is 26.8. The Balaban J connectivity index is 2.08. The van der Waals surface area contributed by atoms with Gasteiger partial charge in [-0.2, -0.15) is 5.10 Å². The van der Waals surface area contributed by atoms with E-state index in [2.05, 4.69) is 17.0 Å². The van der Waals surface area contributed by atoms with Gasteiger partial charge in [0.2, 0.25) is 0 Å². The summed E-state index contributed by atoms with van der Waals surface area (Å²) in [4.78, 5) is 16.2. The van der Waals surface area contributed by atoms with Crippen LogP contribution < -0.4 is 0 Å². The second-order valence-corrected chi connectivity index (χ2v) is 8.36. The fourth-order valence-electron chi connectivity index (χ4n) is 4.79. The molecule has 27 heavy (non-hydrogen) atoms. The van der Waals surface area contributed by atoms with E-state index in [-0.39, 0.29) is 6.54 Å². The van der Waals surface area contributed by atoms with E-state index in [1.807, 2.05) is 24.3 Å². The molecule has 0 spiro atoms. The number of carboxylic acid groups (broad SMARTS) is 1. The van der Waals surface area contributed by atoms with E-state index < -0.39 is 22.4 Å². The van der Waals surface area contributed by atoms with Crippen molar-refractivity contribution in [1.29, 1.82) is 0 Å². The van der Waals surface area contributed by atoms with Crippen molar-refractivity contribution in [1.82, 2.24) is 14.8 Å². The number of halogens is 1. The van der Waals surface area contributed by atoms with Crippen molar-refractivity contribution in [2.24, 2.45) is 10.8 Å². The Kier molecular flexibility index (Phi) is 5.32. The zero-order chi connectivity index (χ0) is 19.7. The van der Waals surface area contributed by atoms with Gasteiger partial charge in [0.1, 0.15) is 18.3 Å². The highest BCUT2D eigenvalue weighted by atomic mass is 35.5. The van der Waals surface area contributed by atoms with Crippen molar-refractivity contribution in [3.63, 3.8) is 0 Å². The Morgan fingerprint density at radius 3 is 2.56 bits per heavy atom. The number of carboxylic acids is 1. The van der Waals surface area contributed by atoms with E-state index in [0.717, 1.165) is 18.4 Å². The molecule has 0 aliphatic heterocycles. The Morgan fingerprint density at radius 2 is 2.00 bits per heavy atom. The molecule has 1 aliphatic carbocycles. The molecule has 3 atom stereocenters. The van der Waals surface area contributed by atoms with E-state index in [1.165, 1.54) is 12.7 Å². The molecular weight excluding hydrogens is 366 g/mol. The molecule has 0 bridgehead atoms. The maximum Gasteiger partial charge on any atom is 0.312 e. The van der Waals surface area contributed by atoms with Crippen molar-refractivity contribution in [3.8, 4) is 0 Å². The molecule has 0 saturated heterocycles. The van der Waals surface area contributed by atoms with Crippen molar-refractivity contribution < 1.29 is 15.0 Å². The quantitative estimate of drug-likeness (QED) is 0.753. The number of nitrogens with zero attached hydrogens (tertiary/aromatic N) is 3. The standard InChI is InChI=1S/C20H26ClN3O3/c1-3-8-19(11-15-4-6-16(21)7-5-15)10-9-18(2,17(25)26)20(19,27)12-24-14-22-13-23-24/h4-7,13-14,27H,3,8-12H2,1-2H3,(H,25,26). The first kappa shape index (κ1) is 19.8. The fourth-order valence-corrected chi connectivity index (χ4v) is 4.92. The number of hydrogen-bond acceptors (Lipinski definition) is 4. The van der Waals surface area contributed by atoms with E-state index in [1.54, 1.807) is 11.6 Å². The lowest BCUT2D eigenvalue weighted by molar-refractivity contribution is -0.182. The SMILES string of the molecule is CCCC1(Cc2ccc(Cl)cc2)CCC(C)(C(=O)O)C1(O)Cn1cncn1. The van der Waals surface area contributed by atoms with Crippen LogP contribution in [0.25, 0.3) is 0 Å². The third kappa shape index (κ3) is 3.25. The summed E-state index contributed by atoms with van der Waals surface area (Å²) in [6.07, 6.45) is 6.14. The Labute approximate surface area is 164 Å². The maximum atomic E-state index is 12.2. The highest BCUT2D eigenvalue weighted by Gasteiger charge is 2.68. The second kappa shape index (κ2) is 7.24. The van der Waals surface area contributed by atoms with Gasteiger partial charge in [-0.3, -0.25) is 9.48 Å². The summed E-state index contributed by atoms with van der Waals surface area (Å²) in [6, 6.07) is 7.56. The summed E-state index contributed by atoms with van der Waals surface area (Å²) in [7, 11) is 0. The largest absolute Gasteiger partial charge is 0.481 e. The lowest BCUT2D eigenvalue weighted by Crippen LogP contribution is -2.59. The summed E-state index contributed by atoms with van der Waals surface area (Å²) >= 11 is 6.02. The van der Waals surface area contributed by atoms with Crippen LogP contribution >= 0.6 is 11.6 Å². The van der Waals surface area contributed by atoms with Gasteiger partial charge < -0.3 is 10.2 Å². The van der Waals surface area contributed by atoms with Gasteiger partial charge in [0.05, 0.1) is 12.0 Å². The Hall–Kier alpha value is -1.92. The van der Waals surface area contributed by atoms with Crippen LogP contribution in [0.2, 0.25) is 5.02 Å². The number of aromatic nitrogens is 3. The van der Waals surface area contributed by atoms with Crippen LogP contribution in [-0.4, -0.2) is 36.5 Å². The number of hydrogen-bond donors (Lipinski definition) is 2. The van der Waals surface area contributed by atoms with Crippen LogP contribution in [0, 0.1) is 10.8 Å². The van der Waals surface area contributed by atoms with Crippen LogP contribution in [0.15, 0.2) is 36.9 Å². The normalized spacial score (nSPS) is 30.5. The van der Waals surface area contributed by atoms with Gasteiger partial charge in [-0.1, -0.05) is 37.1 Å². The number of rotatable bonds is 7. The average Bonchev–Trinajstić information content (AvgIpc) is 3.20. The molecule has 146 valence electrons. The summed E-state index contributed by atoms with van der Waals surface area (Å²) in [5.74, 6) is -0.973. The molecule has 1 fully saturated rings. The van der Waals surface area contributed by atoms with Gasteiger partial charge in [-0.15, -0.1) is 0 Å². The van der Waals surface area contributed by atoms with Crippen molar-refractivity contribution >= 4 is 17.6 Å². The summed E-state index contributed by atoms with van der Waals surface area (Å²) in [6.45, 7) is 3.82. The van der Waals surface area contributed by atoms with Gasteiger partial charge in [0.25, 0.3) is 0 Å². The molecule has 3 rings (SSSR count). The Morgan fingerprint density at radius 1 is 1.30 bits per heavy atom. The van der Waals surface area contributed by atoms with E-state index in [9.17, 15) is 15.0 Å². The zero-order valence-electron chi connectivity index (χ0n) is 15.7. The molecule has 6 nitrogen and oxygen atoms in total. The minimum absolute atomic E-state index is 0.101. The number of benzene rings is 1. The minimum atomic E-state index is -1.46. The van der Waals surface area contributed by atoms with Gasteiger partial charge in [-0.25, -0.2) is 4.98 Å². The first-order valence-electron chi connectivity index (χ1n) is 9.29. The molecule has 1 aromatic heterocycles. The van der Waals surface area contributed by atoms with Gasteiger partial charge in [0.15, 0.2) is 0 Å². The first-order valence-corrected chi connectivity index (χ1v) is 9.67. The predicted molar refractivity (Wildman–Crippen MR) is 102 cm³/mol. The van der Waals surface area contributed by atoms with Gasteiger partial charge >= 0.3 is 5.97 Å². The van der Waals surface area contributed by atoms with Gasteiger partial charge in [0, 0.05) is 10.4 Å². The van der Waals surface area contributed by atoms with E-state index in [0.29, 0.717) is 24.3 Å². The third-order valence-corrected chi connectivity index (χ3v) is 6.66. The zero-order valence-corrected chi connectivity index (χ0v) is 16.5. The second-order valence-electron chi connectivity index (χ2n) is 7.92. The highest BCUT2D eigenvalue weighted by molar-refractivity contribution is 6.30. The topological polar surface area (TPSA) is 88.2 Å². The van der Waals surface area contributed by atoms with Crippen LogP contribution in [0.5, 0.6) is 0 Å². The smallest absolute Gasteiger partial charge is 0.312 e. The maximum absolute atomic E-state index is 12.2. The molecule has 1 heterocycles.